The maximum atomic E-state index is 11.4. The van der Waals surface area contributed by atoms with Crippen LogP contribution in [0.4, 0.5) is 6.01 Å². The van der Waals surface area contributed by atoms with Gasteiger partial charge in [0.05, 0.1) is 6.61 Å². The minimum absolute atomic E-state index is 0.0777. The van der Waals surface area contributed by atoms with Crippen LogP contribution in [0.3, 0.4) is 0 Å². The van der Waals surface area contributed by atoms with E-state index < -0.39 is 5.97 Å². The Kier molecular flexibility index (Phi) is 4.97. The zero-order valence-electron chi connectivity index (χ0n) is 11.5. The summed E-state index contributed by atoms with van der Waals surface area (Å²) >= 11 is 0. The summed E-state index contributed by atoms with van der Waals surface area (Å²) in [5, 5.41) is 5.84. The van der Waals surface area contributed by atoms with Crippen LogP contribution in [0.5, 0.6) is 0 Å². The second-order valence-corrected chi connectivity index (χ2v) is 4.63. The summed E-state index contributed by atoms with van der Waals surface area (Å²) in [5.74, 6) is -0.429. The number of aromatic nitrogens is 1. The van der Waals surface area contributed by atoms with E-state index in [0.29, 0.717) is 32.0 Å². The maximum absolute atomic E-state index is 11.4. The first kappa shape index (κ1) is 14.4. The van der Waals surface area contributed by atoms with Crippen molar-refractivity contribution in [2.45, 2.75) is 38.6 Å². The molecule has 2 N–H and O–H groups in total. The number of nitrogens with one attached hydrogen (secondary N) is 2. The molecule has 0 bridgehead atoms. The van der Waals surface area contributed by atoms with Gasteiger partial charge in [-0.25, -0.2) is 4.79 Å². The van der Waals surface area contributed by atoms with Crippen molar-refractivity contribution in [1.82, 2.24) is 10.3 Å². The number of esters is 1. The van der Waals surface area contributed by atoms with E-state index in [-0.39, 0.29) is 17.6 Å². The maximum Gasteiger partial charge on any atom is 0.360 e. The fraction of sp³-hybridized carbons (Fsp3) is 0.615. The molecule has 0 aliphatic heterocycles. The summed E-state index contributed by atoms with van der Waals surface area (Å²) in [4.78, 5) is 26.7. The van der Waals surface area contributed by atoms with Crippen LogP contribution in [0.1, 0.15) is 43.1 Å². The van der Waals surface area contributed by atoms with Crippen LogP contribution in [0, 0.1) is 0 Å². The normalized spacial score (nSPS) is 13.8. The highest BCUT2D eigenvalue weighted by Crippen LogP contribution is 2.18. The highest BCUT2D eigenvalue weighted by atomic mass is 16.5. The smallest absolute Gasteiger partial charge is 0.360 e. The van der Waals surface area contributed by atoms with E-state index in [9.17, 15) is 9.59 Å². The molecule has 7 nitrogen and oxygen atoms in total. The number of carbonyl (C=O) groups excluding carboxylic acids is 2. The molecular weight excluding hydrogens is 262 g/mol. The van der Waals surface area contributed by atoms with Gasteiger partial charge in [-0.1, -0.05) is 0 Å². The Bertz CT molecular complexity index is 468. The lowest BCUT2D eigenvalue weighted by atomic mass is 10.3. The highest BCUT2D eigenvalue weighted by molar-refractivity contribution is 5.87. The van der Waals surface area contributed by atoms with E-state index >= 15 is 0 Å². The molecule has 1 aliphatic carbocycles. The zero-order chi connectivity index (χ0) is 14.4. The van der Waals surface area contributed by atoms with Gasteiger partial charge in [0.25, 0.3) is 6.01 Å². The minimum Gasteiger partial charge on any atom is -0.461 e. The van der Waals surface area contributed by atoms with Crippen molar-refractivity contribution in [3.63, 3.8) is 0 Å². The monoisotopic (exact) mass is 281 g/mol. The predicted molar refractivity (Wildman–Crippen MR) is 71.3 cm³/mol. The van der Waals surface area contributed by atoms with Gasteiger partial charge in [0, 0.05) is 19.0 Å². The van der Waals surface area contributed by atoms with Gasteiger partial charge in [-0.15, -0.1) is 0 Å². The van der Waals surface area contributed by atoms with Gasteiger partial charge in [-0.3, -0.25) is 4.79 Å². The van der Waals surface area contributed by atoms with Gasteiger partial charge in [-0.05, 0) is 26.2 Å². The third kappa shape index (κ3) is 4.56. The molecular formula is C13H19N3O4. The van der Waals surface area contributed by atoms with Crippen molar-refractivity contribution in [3.8, 4) is 0 Å². The van der Waals surface area contributed by atoms with Crippen LogP contribution in [0.25, 0.3) is 0 Å². The molecule has 1 saturated carbocycles. The number of hydrogen-bond acceptors (Lipinski definition) is 6. The number of rotatable bonds is 8. The van der Waals surface area contributed by atoms with Crippen molar-refractivity contribution in [1.29, 1.82) is 0 Å². The van der Waals surface area contributed by atoms with Crippen LogP contribution >= 0.6 is 0 Å². The van der Waals surface area contributed by atoms with E-state index in [1.165, 1.54) is 6.26 Å². The molecule has 1 aromatic heterocycles. The Balaban J connectivity index is 1.63. The predicted octanol–water partition coefficient (Wildman–Crippen LogP) is 1.32. The molecule has 0 atom stereocenters. The second-order valence-electron chi connectivity index (χ2n) is 4.63. The molecule has 110 valence electrons. The van der Waals surface area contributed by atoms with Gasteiger partial charge in [0.2, 0.25) is 5.91 Å². The summed E-state index contributed by atoms with van der Waals surface area (Å²) in [6.07, 6.45) is 4.58. The van der Waals surface area contributed by atoms with Crippen molar-refractivity contribution < 1.29 is 18.7 Å². The SMILES string of the molecule is CCOC(=O)c1coc(NCCCC(=O)NC2CC2)n1. The first-order chi connectivity index (χ1) is 9.69. The summed E-state index contributed by atoms with van der Waals surface area (Å²) in [7, 11) is 0. The quantitative estimate of drug-likeness (QED) is 0.551. The number of carbonyl (C=O) groups is 2. The Morgan fingerprint density at radius 2 is 2.30 bits per heavy atom. The Hall–Kier alpha value is -2.05. The highest BCUT2D eigenvalue weighted by Gasteiger charge is 2.22. The van der Waals surface area contributed by atoms with E-state index in [1.807, 2.05) is 0 Å². The second kappa shape index (κ2) is 6.93. The van der Waals surface area contributed by atoms with Gasteiger partial charge in [-0.2, -0.15) is 4.98 Å². The van der Waals surface area contributed by atoms with Crippen LogP contribution in [-0.4, -0.2) is 36.1 Å². The van der Waals surface area contributed by atoms with Gasteiger partial charge in [0.15, 0.2) is 5.69 Å². The molecule has 0 radical (unpaired) electrons. The van der Waals surface area contributed by atoms with Crippen LogP contribution in [0.15, 0.2) is 10.7 Å². The third-order valence-corrected chi connectivity index (χ3v) is 2.79. The molecule has 0 unspecified atom stereocenters. The summed E-state index contributed by atoms with van der Waals surface area (Å²) in [6.45, 7) is 2.58. The first-order valence-corrected chi connectivity index (χ1v) is 6.85. The van der Waals surface area contributed by atoms with E-state index in [1.54, 1.807) is 6.92 Å². The van der Waals surface area contributed by atoms with Crippen LogP contribution in [-0.2, 0) is 9.53 Å². The number of hydrogen-bond donors (Lipinski definition) is 2. The molecule has 0 saturated heterocycles. The zero-order valence-corrected chi connectivity index (χ0v) is 11.5. The summed E-state index contributed by atoms with van der Waals surface area (Å²) < 4.78 is 9.89. The largest absolute Gasteiger partial charge is 0.461 e. The molecule has 1 aliphatic rings. The minimum atomic E-state index is -0.506. The van der Waals surface area contributed by atoms with E-state index in [0.717, 1.165) is 12.8 Å². The number of anilines is 1. The molecule has 1 amide bonds. The first-order valence-electron chi connectivity index (χ1n) is 6.85. The van der Waals surface area contributed by atoms with Gasteiger partial charge in [0.1, 0.15) is 6.26 Å². The molecule has 1 aromatic rings. The molecule has 0 spiro atoms. The summed E-state index contributed by atoms with van der Waals surface area (Å²) in [5.41, 5.74) is 0.140. The van der Waals surface area contributed by atoms with Crippen molar-refractivity contribution >= 4 is 17.9 Å². The third-order valence-electron chi connectivity index (χ3n) is 2.79. The topological polar surface area (TPSA) is 93.5 Å². The lowest BCUT2D eigenvalue weighted by Gasteiger charge is -2.03. The van der Waals surface area contributed by atoms with Gasteiger partial charge < -0.3 is 19.8 Å². The number of oxazole rings is 1. The Morgan fingerprint density at radius 1 is 1.50 bits per heavy atom. The molecule has 7 heteroatoms. The molecule has 1 heterocycles. The fourth-order valence-electron chi connectivity index (χ4n) is 1.63. The standard InChI is InChI=1S/C13H19N3O4/c1-2-19-12(18)10-8-20-13(16-10)14-7-3-4-11(17)15-9-5-6-9/h8-9H,2-7H2,1H3,(H,14,16)(H,15,17). The Morgan fingerprint density at radius 3 is 3.00 bits per heavy atom. The molecule has 0 aromatic carbocycles. The van der Waals surface area contributed by atoms with E-state index in [2.05, 4.69) is 15.6 Å². The van der Waals surface area contributed by atoms with Crippen molar-refractivity contribution in [2.75, 3.05) is 18.5 Å². The number of nitrogens with zero attached hydrogens (tertiary/aromatic N) is 1. The fourth-order valence-corrected chi connectivity index (χ4v) is 1.63. The average Bonchev–Trinajstić information content (AvgIpc) is 3.10. The van der Waals surface area contributed by atoms with Crippen molar-refractivity contribution in [2.24, 2.45) is 0 Å². The Labute approximate surface area is 117 Å². The van der Waals surface area contributed by atoms with Gasteiger partial charge >= 0.3 is 5.97 Å². The van der Waals surface area contributed by atoms with Crippen molar-refractivity contribution in [3.05, 3.63) is 12.0 Å². The van der Waals surface area contributed by atoms with Crippen LogP contribution in [0.2, 0.25) is 0 Å². The molecule has 2 rings (SSSR count). The number of amides is 1. The molecule has 20 heavy (non-hydrogen) atoms. The average molecular weight is 281 g/mol. The lowest BCUT2D eigenvalue weighted by Crippen LogP contribution is -2.25. The molecule has 1 fully saturated rings. The number of ether oxygens (including phenoxy) is 1. The van der Waals surface area contributed by atoms with Crippen LogP contribution < -0.4 is 10.6 Å². The lowest BCUT2D eigenvalue weighted by molar-refractivity contribution is -0.121. The van der Waals surface area contributed by atoms with E-state index in [4.69, 9.17) is 9.15 Å². The summed E-state index contributed by atoms with van der Waals surface area (Å²) in [6, 6.07) is 0.657.